The Morgan fingerprint density at radius 3 is 1.76 bits per heavy atom. The van der Waals surface area contributed by atoms with E-state index in [-0.39, 0.29) is 18.4 Å². The summed E-state index contributed by atoms with van der Waals surface area (Å²) in [6, 6.07) is 0. The molecule has 192 valence electrons. The fourth-order valence-corrected chi connectivity index (χ4v) is 3.03. The molecule has 1 atom stereocenters. The van der Waals surface area contributed by atoms with E-state index in [1.165, 1.54) is 0 Å². The molecule has 1 rings (SSSR count). The number of hydrogen-bond acceptors (Lipinski definition) is 4. The van der Waals surface area contributed by atoms with Gasteiger partial charge in [0.25, 0.3) is 0 Å². The minimum absolute atomic E-state index is 0.194. The molecule has 0 radical (unpaired) electrons. The molecule has 0 heterocycles. The summed E-state index contributed by atoms with van der Waals surface area (Å²) in [5.41, 5.74) is -7.98. The standard InChI is InChI=1S/C18H19F11O4/c1-9(2)12(30)32-8-11(33-13(31)10-5-3-4-6-10)7-14(19,20)16(22,23)15(21,17(24,25)26)18(27,28)29/h10-11H,1,3-8H2,2H3. The Bertz CT molecular complexity index is 723. The lowest BCUT2D eigenvalue weighted by Gasteiger charge is -2.40. The Morgan fingerprint density at radius 2 is 1.36 bits per heavy atom. The summed E-state index contributed by atoms with van der Waals surface area (Å²) < 4.78 is 155. The van der Waals surface area contributed by atoms with Gasteiger partial charge in [0.2, 0.25) is 0 Å². The summed E-state index contributed by atoms with van der Waals surface area (Å²) in [5, 5.41) is 0. The molecule has 0 saturated heterocycles. The molecule has 1 aliphatic carbocycles. The van der Waals surface area contributed by atoms with Gasteiger partial charge >= 0.3 is 41.8 Å². The van der Waals surface area contributed by atoms with Gasteiger partial charge in [-0.1, -0.05) is 19.4 Å². The van der Waals surface area contributed by atoms with Gasteiger partial charge < -0.3 is 9.47 Å². The lowest BCUT2D eigenvalue weighted by Crippen LogP contribution is -2.70. The van der Waals surface area contributed by atoms with Gasteiger partial charge in [-0.25, -0.2) is 9.18 Å². The molecule has 1 saturated carbocycles. The maximum Gasteiger partial charge on any atom is 0.438 e. The Labute approximate surface area is 180 Å². The number of carbonyl (C=O) groups is 2. The first kappa shape index (κ1) is 28.9. The molecule has 0 spiro atoms. The minimum atomic E-state index is -7.63. The summed E-state index contributed by atoms with van der Waals surface area (Å²) in [4.78, 5) is 23.5. The Balaban J connectivity index is 3.28. The third-order valence-electron chi connectivity index (χ3n) is 4.88. The SMILES string of the molecule is C=C(C)C(=O)OCC(CC(F)(F)C(F)(F)C(F)(C(F)(F)F)C(F)(F)F)OC(=O)C1CCCC1. The van der Waals surface area contributed by atoms with Crippen LogP contribution in [0.5, 0.6) is 0 Å². The van der Waals surface area contributed by atoms with Crippen molar-refractivity contribution >= 4 is 11.9 Å². The zero-order chi connectivity index (χ0) is 26.0. The van der Waals surface area contributed by atoms with E-state index in [9.17, 15) is 57.9 Å². The molecule has 0 N–H and O–H groups in total. The molecule has 33 heavy (non-hydrogen) atoms. The molecule has 1 unspecified atom stereocenters. The van der Waals surface area contributed by atoms with Crippen LogP contribution in [0.2, 0.25) is 0 Å². The van der Waals surface area contributed by atoms with Gasteiger partial charge in [0.1, 0.15) is 12.7 Å². The molecule has 0 aromatic heterocycles. The van der Waals surface area contributed by atoms with Crippen molar-refractivity contribution in [1.82, 2.24) is 0 Å². The fraction of sp³-hybridized carbons (Fsp3) is 0.778. The lowest BCUT2D eigenvalue weighted by atomic mass is 9.88. The molecule has 1 fully saturated rings. The second kappa shape index (κ2) is 9.65. The van der Waals surface area contributed by atoms with Crippen LogP contribution in [-0.2, 0) is 19.1 Å². The monoisotopic (exact) mass is 508 g/mol. The molecule has 1 aliphatic rings. The lowest BCUT2D eigenvalue weighted by molar-refractivity contribution is -0.428. The van der Waals surface area contributed by atoms with Gasteiger partial charge in [0.05, 0.1) is 12.3 Å². The third-order valence-corrected chi connectivity index (χ3v) is 4.88. The normalized spacial score (nSPS) is 17.6. The molecule has 0 aliphatic heterocycles. The average Bonchev–Trinajstić information content (AvgIpc) is 3.17. The Morgan fingerprint density at radius 1 is 0.909 bits per heavy atom. The topological polar surface area (TPSA) is 52.6 Å². The van der Waals surface area contributed by atoms with E-state index in [2.05, 4.69) is 16.1 Å². The number of halogens is 11. The maximum atomic E-state index is 14.2. The summed E-state index contributed by atoms with van der Waals surface area (Å²) >= 11 is 0. The van der Waals surface area contributed by atoms with Crippen LogP contribution in [0, 0.1) is 5.92 Å². The van der Waals surface area contributed by atoms with Crippen LogP contribution >= 0.6 is 0 Å². The molecule has 0 bridgehead atoms. The van der Waals surface area contributed by atoms with Crippen LogP contribution in [0.25, 0.3) is 0 Å². The van der Waals surface area contributed by atoms with E-state index in [1.54, 1.807) is 0 Å². The van der Waals surface area contributed by atoms with E-state index in [1.807, 2.05) is 0 Å². The highest BCUT2D eigenvalue weighted by Gasteiger charge is 2.90. The van der Waals surface area contributed by atoms with Gasteiger partial charge in [-0.15, -0.1) is 0 Å². The predicted molar refractivity (Wildman–Crippen MR) is 88.1 cm³/mol. The zero-order valence-electron chi connectivity index (χ0n) is 16.9. The number of hydrogen-bond donors (Lipinski definition) is 0. The summed E-state index contributed by atoms with van der Waals surface area (Å²) in [6.07, 6.45) is -18.9. The first-order chi connectivity index (χ1) is 14.7. The molecule has 0 aromatic carbocycles. The largest absolute Gasteiger partial charge is 0.458 e. The molecular weight excluding hydrogens is 489 g/mol. The number of alkyl halides is 11. The van der Waals surface area contributed by atoms with Crippen LogP contribution in [0.15, 0.2) is 12.2 Å². The second-order valence-electron chi connectivity index (χ2n) is 7.56. The van der Waals surface area contributed by atoms with Crippen LogP contribution in [0.1, 0.15) is 39.0 Å². The van der Waals surface area contributed by atoms with Crippen LogP contribution < -0.4 is 0 Å². The minimum Gasteiger partial charge on any atom is -0.458 e. The number of rotatable bonds is 9. The first-order valence-electron chi connectivity index (χ1n) is 9.30. The van der Waals surface area contributed by atoms with Crippen molar-refractivity contribution in [2.24, 2.45) is 5.92 Å². The van der Waals surface area contributed by atoms with Gasteiger partial charge in [0, 0.05) is 5.57 Å². The van der Waals surface area contributed by atoms with Crippen molar-refractivity contribution in [3.05, 3.63) is 12.2 Å². The summed E-state index contributed by atoms with van der Waals surface area (Å²) in [5.74, 6) is -17.2. The molecular formula is C18H19F11O4. The van der Waals surface area contributed by atoms with Crippen LogP contribution in [-0.4, -0.2) is 54.5 Å². The van der Waals surface area contributed by atoms with Crippen molar-refractivity contribution in [2.45, 2.75) is 75.0 Å². The maximum absolute atomic E-state index is 14.2. The van der Waals surface area contributed by atoms with Crippen molar-refractivity contribution in [3.8, 4) is 0 Å². The van der Waals surface area contributed by atoms with E-state index in [0.717, 1.165) is 6.92 Å². The summed E-state index contributed by atoms with van der Waals surface area (Å²) in [6.45, 7) is 2.73. The summed E-state index contributed by atoms with van der Waals surface area (Å²) in [7, 11) is 0. The number of ether oxygens (including phenoxy) is 2. The van der Waals surface area contributed by atoms with Crippen LogP contribution in [0.4, 0.5) is 48.3 Å². The fourth-order valence-electron chi connectivity index (χ4n) is 3.03. The van der Waals surface area contributed by atoms with Gasteiger partial charge in [-0.2, -0.15) is 43.9 Å². The average molecular weight is 508 g/mol. The highest BCUT2D eigenvalue weighted by atomic mass is 19.4. The molecule has 15 heteroatoms. The first-order valence-corrected chi connectivity index (χ1v) is 9.30. The molecule has 4 nitrogen and oxygen atoms in total. The number of carbonyl (C=O) groups excluding carboxylic acids is 2. The second-order valence-corrected chi connectivity index (χ2v) is 7.56. The van der Waals surface area contributed by atoms with Gasteiger partial charge in [0.15, 0.2) is 0 Å². The Hall–Kier alpha value is -2.09. The van der Waals surface area contributed by atoms with Crippen molar-refractivity contribution < 1.29 is 67.4 Å². The van der Waals surface area contributed by atoms with Gasteiger partial charge in [-0.05, 0) is 19.8 Å². The van der Waals surface area contributed by atoms with E-state index in [4.69, 9.17) is 0 Å². The third kappa shape index (κ3) is 5.89. The van der Waals surface area contributed by atoms with E-state index >= 15 is 0 Å². The number of esters is 2. The highest BCUT2D eigenvalue weighted by Crippen LogP contribution is 2.60. The molecule has 0 amide bonds. The Kier molecular flexibility index (Phi) is 8.46. The van der Waals surface area contributed by atoms with E-state index < -0.39 is 66.9 Å². The van der Waals surface area contributed by atoms with Crippen molar-refractivity contribution in [1.29, 1.82) is 0 Å². The van der Waals surface area contributed by atoms with Crippen molar-refractivity contribution in [3.63, 3.8) is 0 Å². The van der Waals surface area contributed by atoms with Crippen molar-refractivity contribution in [2.75, 3.05) is 6.61 Å². The highest BCUT2D eigenvalue weighted by molar-refractivity contribution is 5.86. The quantitative estimate of drug-likeness (QED) is 0.228. The predicted octanol–water partition coefficient (Wildman–Crippen LogP) is 5.70. The zero-order valence-corrected chi connectivity index (χ0v) is 16.9. The smallest absolute Gasteiger partial charge is 0.438 e. The van der Waals surface area contributed by atoms with Crippen LogP contribution in [0.3, 0.4) is 0 Å². The molecule has 0 aromatic rings. The van der Waals surface area contributed by atoms with E-state index in [0.29, 0.717) is 12.8 Å². The van der Waals surface area contributed by atoms with Gasteiger partial charge in [-0.3, -0.25) is 4.79 Å².